The molecule has 0 amide bonds. The van der Waals surface area contributed by atoms with E-state index in [1.54, 1.807) is 19.1 Å². The zero-order valence-electron chi connectivity index (χ0n) is 9.80. The Morgan fingerprint density at radius 2 is 1.94 bits per heavy atom. The normalized spacial score (nSPS) is 9.75. The summed E-state index contributed by atoms with van der Waals surface area (Å²) < 4.78 is 13.1. The number of nitrogens with one attached hydrogen (secondary N) is 1. The summed E-state index contributed by atoms with van der Waals surface area (Å²) in [7, 11) is 0. The first kappa shape index (κ1) is 12.4. The van der Waals surface area contributed by atoms with Gasteiger partial charge in [0.15, 0.2) is 0 Å². The first-order chi connectivity index (χ1) is 7.58. The van der Waals surface area contributed by atoms with Crippen LogP contribution in [0.5, 0.6) is 0 Å². The average molecular weight is 223 g/mol. The second-order valence-corrected chi connectivity index (χ2v) is 3.72. The molecule has 0 aliphatic rings. The summed E-state index contributed by atoms with van der Waals surface area (Å²) in [4.78, 5) is 13.5. The van der Waals surface area contributed by atoms with Gasteiger partial charge in [0.1, 0.15) is 5.82 Å². The van der Waals surface area contributed by atoms with Crippen LogP contribution in [-0.2, 0) is 0 Å². The van der Waals surface area contributed by atoms with E-state index in [1.807, 2.05) is 0 Å². The molecule has 1 N–H and O–H groups in total. The van der Waals surface area contributed by atoms with E-state index in [4.69, 9.17) is 0 Å². The maximum atomic E-state index is 13.1. The van der Waals surface area contributed by atoms with Gasteiger partial charge >= 0.3 is 0 Å². The highest BCUT2D eigenvalue weighted by Crippen LogP contribution is 2.14. The summed E-state index contributed by atoms with van der Waals surface area (Å²) in [5.74, 6) is -0.297. The average Bonchev–Trinajstić information content (AvgIpc) is 2.21. The highest BCUT2D eigenvalue weighted by molar-refractivity contribution is 5.78. The van der Waals surface area contributed by atoms with Crippen molar-refractivity contribution in [3.8, 4) is 0 Å². The fraction of sp³-hybridized carbons (Fsp3) is 0.308. The smallest absolute Gasteiger partial charge is 0.248 e. The van der Waals surface area contributed by atoms with Gasteiger partial charge in [0.05, 0.1) is 5.52 Å². The number of aromatic amines is 1. The lowest BCUT2D eigenvalue weighted by atomic mass is 10.1. The van der Waals surface area contributed by atoms with Crippen molar-refractivity contribution in [1.82, 2.24) is 4.98 Å². The minimum absolute atomic E-state index is 0. The molecule has 0 saturated carbocycles. The van der Waals surface area contributed by atoms with Crippen LogP contribution >= 0.6 is 0 Å². The molecule has 2 rings (SSSR count). The Hall–Kier alpha value is -1.64. The van der Waals surface area contributed by atoms with Crippen molar-refractivity contribution in [3.63, 3.8) is 0 Å². The summed E-state index contributed by atoms with van der Waals surface area (Å²) in [5, 5.41) is 0.846. The van der Waals surface area contributed by atoms with Crippen molar-refractivity contribution in [1.29, 1.82) is 0 Å². The zero-order valence-corrected chi connectivity index (χ0v) is 9.80. The fourth-order valence-electron chi connectivity index (χ4n) is 1.29. The van der Waals surface area contributed by atoms with Crippen LogP contribution in [-0.4, -0.2) is 4.98 Å². The summed E-state index contributed by atoms with van der Waals surface area (Å²) in [6.45, 7) is 5.94. The second-order valence-electron chi connectivity index (χ2n) is 3.72. The molecule has 2 nitrogen and oxygen atoms in total. The number of hydrogen-bond donors (Lipinski definition) is 1. The van der Waals surface area contributed by atoms with Crippen LogP contribution in [0, 0.1) is 12.7 Å². The van der Waals surface area contributed by atoms with Gasteiger partial charge in [-0.3, -0.25) is 4.79 Å². The lowest BCUT2D eigenvalue weighted by Crippen LogP contribution is -2.02. The lowest BCUT2D eigenvalue weighted by Gasteiger charge is -1.99. The Morgan fingerprint density at radius 3 is 2.56 bits per heavy atom. The molecule has 0 unspecified atom stereocenters. The molecule has 1 aromatic heterocycles. The minimum atomic E-state index is -0.297. The zero-order chi connectivity index (χ0) is 12.1. The van der Waals surface area contributed by atoms with Gasteiger partial charge in [-0.15, -0.1) is 0 Å². The molecular weight excluding hydrogens is 205 g/mol. The number of rotatable bonds is 0. The van der Waals surface area contributed by atoms with Crippen molar-refractivity contribution < 1.29 is 5.82 Å². The van der Waals surface area contributed by atoms with Gasteiger partial charge in [-0.05, 0) is 36.1 Å². The molecule has 2 aromatic rings. The molecule has 0 aliphatic carbocycles. The molecule has 0 aliphatic heterocycles. The van der Waals surface area contributed by atoms with E-state index in [9.17, 15) is 9.18 Å². The first-order valence-corrected chi connectivity index (χ1v) is 5.37. The van der Waals surface area contributed by atoms with Crippen molar-refractivity contribution in [3.05, 3.63) is 46.0 Å². The van der Waals surface area contributed by atoms with E-state index in [0.717, 1.165) is 5.39 Å². The van der Waals surface area contributed by atoms with Gasteiger partial charge in [-0.1, -0.05) is 20.3 Å². The lowest BCUT2D eigenvalue weighted by molar-refractivity contribution is 0.620. The molecule has 88 valence electrons. The van der Waals surface area contributed by atoms with Gasteiger partial charge in [-0.25, -0.2) is 4.39 Å². The topological polar surface area (TPSA) is 32.9 Å². The van der Waals surface area contributed by atoms with Crippen molar-refractivity contribution in [2.75, 3.05) is 0 Å². The van der Waals surface area contributed by atoms with Crippen LogP contribution in [0.1, 0.15) is 27.3 Å². The van der Waals surface area contributed by atoms with E-state index < -0.39 is 0 Å². The molecule has 1 heterocycles. The Balaban J connectivity index is 0.000000583. The van der Waals surface area contributed by atoms with Crippen LogP contribution in [0.15, 0.2) is 29.1 Å². The number of aromatic nitrogens is 1. The SMILES string of the molecule is CCC.Cc1cc2ccc(=O)[nH]c2cc1F.[HH]. The molecular formula is C13H18FNO. The number of aryl methyl sites for hydroxylation is 1. The van der Waals surface area contributed by atoms with Gasteiger partial charge in [-0.2, -0.15) is 0 Å². The van der Waals surface area contributed by atoms with Crippen LogP contribution in [0.2, 0.25) is 0 Å². The van der Waals surface area contributed by atoms with E-state index in [2.05, 4.69) is 18.8 Å². The highest BCUT2D eigenvalue weighted by Gasteiger charge is 2.00. The molecule has 1 aromatic carbocycles. The fourth-order valence-corrected chi connectivity index (χ4v) is 1.29. The summed E-state index contributed by atoms with van der Waals surface area (Å²) in [5.41, 5.74) is 0.908. The molecule has 0 saturated heterocycles. The first-order valence-electron chi connectivity index (χ1n) is 5.37. The summed E-state index contributed by atoms with van der Waals surface area (Å²) in [6, 6.07) is 6.16. The van der Waals surface area contributed by atoms with Crippen molar-refractivity contribution in [2.45, 2.75) is 27.2 Å². The van der Waals surface area contributed by atoms with E-state index in [-0.39, 0.29) is 12.8 Å². The maximum Gasteiger partial charge on any atom is 0.248 e. The predicted octanol–water partition coefficient (Wildman–Crippen LogP) is 3.64. The number of H-pyrrole nitrogens is 1. The molecule has 0 bridgehead atoms. The maximum absolute atomic E-state index is 13.1. The number of benzene rings is 1. The molecule has 16 heavy (non-hydrogen) atoms. The molecule has 0 radical (unpaired) electrons. The van der Waals surface area contributed by atoms with Crippen LogP contribution in [0.3, 0.4) is 0 Å². The second kappa shape index (κ2) is 5.45. The molecule has 0 fully saturated rings. The van der Waals surface area contributed by atoms with Crippen LogP contribution in [0.25, 0.3) is 10.9 Å². The minimum Gasteiger partial charge on any atom is -0.322 e. The Morgan fingerprint density at radius 1 is 1.31 bits per heavy atom. The highest BCUT2D eigenvalue weighted by atomic mass is 19.1. The third-order valence-corrected chi connectivity index (χ3v) is 2.00. The summed E-state index contributed by atoms with van der Waals surface area (Å²) in [6.07, 6.45) is 1.25. The standard InChI is InChI=1S/C10H8FNO.C3H8.H2/c1-6-4-7-2-3-10(13)12-9(7)5-8(6)11;1-3-2;/h2-5H,1H3,(H,12,13);3H2,1-2H3;1H. The quantitative estimate of drug-likeness (QED) is 0.726. The van der Waals surface area contributed by atoms with Crippen LogP contribution < -0.4 is 5.56 Å². The number of hydrogen-bond acceptors (Lipinski definition) is 1. The van der Waals surface area contributed by atoms with E-state index in [1.165, 1.54) is 18.6 Å². The van der Waals surface area contributed by atoms with Crippen LogP contribution in [0.4, 0.5) is 4.39 Å². The Labute approximate surface area is 95.6 Å². The predicted molar refractivity (Wildman–Crippen MR) is 67.3 cm³/mol. The van der Waals surface area contributed by atoms with Gasteiger partial charge in [0.25, 0.3) is 0 Å². The molecule has 3 heteroatoms. The van der Waals surface area contributed by atoms with Crippen molar-refractivity contribution in [2.24, 2.45) is 0 Å². The Bertz CT molecular complexity index is 536. The molecule has 0 atom stereocenters. The van der Waals surface area contributed by atoms with Gasteiger partial charge in [0, 0.05) is 7.49 Å². The van der Waals surface area contributed by atoms with E-state index in [0.29, 0.717) is 11.1 Å². The van der Waals surface area contributed by atoms with E-state index >= 15 is 0 Å². The summed E-state index contributed by atoms with van der Waals surface area (Å²) >= 11 is 0. The van der Waals surface area contributed by atoms with Crippen molar-refractivity contribution >= 4 is 10.9 Å². The molecule has 0 spiro atoms. The third-order valence-electron chi connectivity index (χ3n) is 2.00. The largest absolute Gasteiger partial charge is 0.322 e. The number of pyridine rings is 1. The van der Waals surface area contributed by atoms with Gasteiger partial charge in [0.2, 0.25) is 5.56 Å². The van der Waals surface area contributed by atoms with Gasteiger partial charge < -0.3 is 4.98 Å². The monoisotopic (exact) mass is 223 g/mol. The number of halogens is 1. The third kappa shape index (κ3) is 2.92. The number of fused-ring (bicyclic) bond motifs is 1. The Kier molecular flexibility index (Phi) is 4.23.